The highest BCUT2D eigenvalue weighted by molar-refractivity contribution is 7.25. The van der Waals surface area contributed by atoms with Crippen molar-refractivity contribution < 1.29 is 0 Å². The third kappa shape index (κ3) is 4.33. The number of nitrogens with one attached hydrogen (secondary N) is 1. The summed E-state index contributed by atoms with van der Waals surface area (Å²) in [6, 6.07) is 58.4. The van der Waals surface area contributed by atoms with E-state index in [0.717, 1.165) is 34.0 Å². The first-order chi connectivity index (χ1) is 25.3. The molecular weight excluding hydrogens is 643 g/mol. The number of hydrogen-bond acceptors (Lipinski definition) is 4. The highest BCUT2D eigenvalue weighted by Gasteiger charge is 2.24. The zero-order valence-corrected chi connectivity index (χ0v) is 28.2. The molecule has 0 radical (unpaired) electrons. The summed E-state index contributed by atoms with van der Waals surface area (Å²) >= 11 is 1.83. The predicted octanol–water partition coefficient (Wildman–Crippen LogP) is 11.2. The standard InChI is InChI=1S/C45H29N5S/c1-2-12-28(13-3-1)43-46-44(48-45(47-43)50-39-20-10-6-16-33(39)34-17-7-11-21-40(34)50)29-22-24-35-36-27-30(23-25-41(36)51-42(35)26-29)49-37-18-8-4-14-31(37)32-15-5-9-19-38(32)49/h1-27,44H,(H,46,47,48). The van der Waals surface area contributed by atoms with Crippen molar-refractivity contribution in [1.29, 1.82) is 0 Å². The Morgan fingerprint density at radius 1 is 0.451 bits per heavy atom. The molecular formula is C45H29N5S. The van der Waals surface area contributed by atoms with Crippen molar-refractivity contribution in [2.45, 2.75) is 6.17 Å². The molecule has 0 saturated carbocycles. The van der Waals surface area contributed by atoms with E-state index < -0.39 is 6.17 Å². The van der Waals surface area contributed by atoms with E-state index in [1.54, 1.807) is 0 Å². The minimum Gasteiger partial charge on any atom is -0.310 e. The van der Waals surface area contributed by atoms with Crippen LogP contribution in [-0.2, 0) is 0 Å². The lowest BCUT2D eigenvalue weighted by atomic mass is 10.1. The molecule has 51 heavy (non-hydrogen) atoms. The SMILES string of the molecule is c1ccc(C2=NC(c3ccc4c(c3)sc3ccc(-n5c6ccccc6c6ccccc65)cc34)N=C(n3c4ccccc4c4ccccc43)N2)cc1. The first kappa shape index (κ1) is 28.3. The van der Waals surface area contributed by atoms with Gasteiger partial charge in [0.05, 0.1) is 22.1 Å². The van der Waals surface area contributed by atoms with Gasteiger partial charge in [-0.05, 0) is 54.1 Å². The molecule has 1 unspecified atom stereocenters. The van der Waals surface area contributed by atoms with Crippen LogP contribution in [0.5, 0.6) is 0 Å². The lowest BCUT2D eigenvalue weighted by molar-refractivity contribution is 0.746. The van der Waals surface area contributed by atoms with Crippen LogP contribution >= 0.6 is 11.3 Å². The largest absolute Gasteiger partial charge is 0.310 e. The average Bonchev–Trinajstić information content (AvgIpc) is 3.85. The van der Waals surface area contributed by atoms with Crippen LogP contribution in [0.25, 0.3) is 69.5 Å². The molecule has 240 valence electrons. The number of thiophene rings is 1. The molecule has 1 N–H and O–H groups in total. The maximum Gasteiger partial charge on any atom is 0.211 e. The van der Waals surface area contributed by atoms with Gasteiger partial charge in [0.15, 0.2) is 6.17 Å². The zero-order valence-electron chi connectivity index (χ0n) is 27.4. The summed E-state index contributed by atoms with van der Waals surface area (Å²) in [4.78, 5) is 10.5. The molecule has 1 atom stereocenters. The molecule has 11 rings (SSSR count). The fourth-order valence-corrected chi connectivity index (χ4v) is 9.01. The van der Waals surface area contributed by atoms with Crippen LogP contribution in [0.15, 0.2) is 174 Å². The van der Waals surface area contributed by atoms with E-state index >= 15 is 0 Å². The van der Waals surface area contributed by atoms with Gasteiger partial charge in [-0.25, -0.2) is 9.98 Å². The normalized spacial score (nSPS) is 14.9. The Kier molecular flexibility index (Phi) is 6.12. The van der Waals surface area contributed by atoms with E-state index in [9.17, 15) is 0 Å². The molecule has 7 aromatic carbocycles. The summed E-state index contributed by atoms with van der Waals surface area (Å²) in [6.45, 7) is 0. The number of rotatable bonds is 3. The van der Waals surface area contributed by atoms with Crippen molar-refractivity contribution in [2.75, 3.05) is 0 Å². The smallest absolute Gasteiger partial charge is 0.211 e. The summed E-state index contributed by atoms with van der Waals surface area (Å²) in [7, 11) is 0. The van der Waals surface area contributed by atoms with Crippen molar-refractivity contribution >= 4 is 86.9 Å². The molecule has 3 aromatic heterocycles. The van der Waals surface area contributed by atoms with Crippen LogP contribution in [0.3, 0.4) is 0 Å². The van der Waals surface area contributed by atoms with E-state index in [-0.39, 0.29) is 0 Å². The molecule has 1 aliphatic heterocycles. The first-order valence-electron chi connectivity index (χ1n) is 17.2. The second-order valence-corrected chi connectivity index (χ2v) is 14.2. The zero-order chi connectivity index (χ0) is 33.5. The Bertz CT molecular complexity index is 2960. The van der Waals surface area contributed by atoms with Crippen LogP contribution in [0, 0.1) is 0 Å². The van der Waals surface area contributed by atoms with Crippen LogP contribution < -0.4 is 5.32 Å². The Morgan fingerprint density at radius 2 is 1.02 bits per heavy atom. The van der Waals surface area contributed by atoms with Crippen molar-refractivity contribution in [2.24, 2.45) is 9.98 Å². The molecule has 0 spiro atoms. The maximum atomic E-state index is 5.32. The summed E-state index contributed by atoms with van der Waals surface area (Å²) in [6.07, 6.45) is -0.417. The van der Waals surface area contributed by atoms with Gasteiger partial charge in [-0.1, -0.05) is 115 Å². The molecule has 4 heterocycles. The van der Waals surface area contributed by atoms with Crippen LogP contribution in [0.4, 0.5) is 0 Å². The molecule has 0 fully saturated rings. The van der Waals surface area contributed by atoms with Gasteiger partial charge in [-0.15, -0.1) is 11.3 Å². The van der Waals surface area contributed by atoms with Crippen molar-refractivity contribution in [1.82, 2.24) is 14.5 Å². The minimum atomic E-state index is -0.417. The molecule has 0 amide bonds. The van der Waals surface area contributed by atoms with E-state index in [0.29, 0.717) is 0 Å². The second kappa shape index (κ2) is 11.0. The molecule has 5 nitrogen and oxygen atoms in total. The quantitative estimate of drug-likeness (QED) is 0.200. The highest BCUT2D eigenvalue weighted by atomic mass is 32.1. The maximum absolute atomic E-state index is 5.32. The van der Waals surface area contributed by atoms with Gasteiger partial charge in [0.25, 0.3) is 0 Å². The number of para-hydroxylation sites is 4. The van der Waals surface area contributed by atoms with E-state index in [4.69, 9.17) is 9.98 Å². The van der Waals surface area contributed by atoms with Gasteiger partial charge in [-0.2, -0.15) is 0 Å². The van der Waals surface area contributed by atoms with Crippen molar-refractivity contribution in [3.05, 3.63) is 175 Å². The Hall–Kier alpha value is -6.50. The first-order valence-corrected chi connectivity index (χ1v) is 18.0. The molecule has 1 aliphatic rings. The summed E-state index contributed by atoms with van der Waals surface area (Å²) < 4.78 is 7.12. The highest BCUT2D eigenvalue weighted by Crippen LogP contribution is 2.40. The molecule has 0 aliphatic carbocycles. The molecule has 0 saturated heterocycles. The van der Waals surface area contributed by atoms with Crippen LogP contribution in [-0.4, -0.2) is 20.9 Å². The Morgan fingerprint density at radius 3 is 1.65 bits per heavy atom. The number of amidine groups is 1. The van der Waals surface area contributed by atoms with Gasteiger partial charge in [-0.3, -0.25) is 4.57 Å². The third-order valence-electron chi connectivity index (χ3n) is 10.2. The fraction of sp³-hybridized carbons (Fsp3) is 0.0222. The number of aromatic nitrogens is 2. The predicted molar refractivity (Wildman–Crippen MR) is 215 cm³/mol. The number of nitrogens with zero attached hydrogens (tertiary/aromatic N) is 4. The molecule has 10 aromatic rings. The minimum absolute atomic E-state index is 0.417. The Balaban J connectivity index is 1.07. The Labute approximate surface area is 297 Å². The topological polar surface area (TPSA) is 46.6 Å². The van der Waals surface area contributed by atoms with E-state index in [1.807, 2.05) is 17.4 Å². The van der Waals surface area contributed by atoms with E-state index in [1.165, 1.54) is 58.4 Å². The van der Waals surface area contributed by atoms with Gasteiger partial charge < -0.3 is 9.88 Å². The average molecular weight is 672 g/mol. The summed E-state index contributed by atoms with van der Waals surface area (Å²) in [5, 5.41) is 11.1. The lowest BCUT2D eigenvalue weighted by Crippen LogP contribution is -2.39. The fourth-order valence-electron chi connectivity index (χ4n) is 7.88. The number of benzene rings is 7. The lowest BCUT2D eigenvalue weighted by Gasteiger charge is -2.23. The second-order valence-electron chi connectivity index (χ2n) is 13.1. The molecule has 0 bridgehead atoms. The van der Waals surface area contributed by atoms with Gasteiger partial charge in [0.1, 0.15) is 5.84 Å². The van der Waals surface area contributed by atoms with Crippen molar-refractivity contribution in [3.8, 4) is 5.69 Å². The van der Waals surface area contributed by atoms with Gasteiger partial charge >= 0.3 is 0 Å². The summed E-state index contributed by atoms with van der Waals surface area (Å²) in [5.74, 6) is 1.57. The molecule has 6 heteroatoms. The van der Waals surface area contributed by atoms with Crippen LogP contribution in [0.2, 0.25) is 0 Å². The third-order valence-corrected chi connectivity index (χ3v) is 11.3. The van der Waals surface area contributed by atoms with Crippen molar-refractivity contribution in [3.63, 3.8) is 0 Å². The monoisotopic (exact) mass is 671 g/mol. The van der Waals surface area contributed by atoms with Gasteiger partial charge in [0, 0.05) is 53.0 Å². The van der Waals surface area contributed by atoms with Crippen LogP contribution in [0.1, 0.15) is 17.3 Å². The number of fused-ring (bicyclic) bond motifs is 9. The number of hydrogen-bond donors (Lipinski definition) is 1. The number of aliphatic imine (C=N–C) groups is 2. The summed E-state index contributed by atoms with van der Waals surface area (Å²) in [5.41, 5.74) is 7.90. The van der Waals surface area contributed by atoms with E-state index in [2.05, 4.69) is 172 Å². The van der Waals surface area contributed by atoms with Gasteiger partial charge in [0.2, 0.25) is 5.96 Å².